The monoisotopic (exact) mass is 483 g/mol. The normalized spacial score (nSPS) is 19.0. The first-order chi connectivity index (χ1) is 16.8. The summed E-state index contributed by atoms with van der Waals surface area (Å²) in [4.78, 5) is 17.4. The van der Waals surface area contributed by atoms with Crippen LogP contribution in [0.15, 0.2) is 80.4 Å². The van der Waals surface area contributed by atoms with E-state index in [-0.39, 0.29) is 0 Å². The molecule has 3 rings (SSSR count). The van der Waals surface area contributed by atoms with Crippen LogP contribution >= 0.6 is 0 Å². The van der Waals surface area contributed by atoms with Crippen LogP contribution in [0.2, 0.25) is 0 Å². The molecule has 0 radical (unpaired) electrons. The molecule has 1 aromatic rings. The van der Waals surface area contributed by atoms with Crippen molar-refractivity contribution >= 4 is 18.1 Å². The molecular formula is C26H35F2N7. The van der Waals surface area contributed by atoms with Crippen molar-refractivity contribution in [2.45, 2.75) is 27.3 Å². The molecule has 9 heteroatoms. The summed E-state index contributed by atoms with van der Waals surface area (Å²) in [6.45, 7) is 13.3. The number of rotatable bonds is 6. The minimum absolute atomic E-state index is 0.375. The summed E-state index contributed by atoms with van der Waals surface area (Å²) in [6.07, 6.45) is 6.37. The van der Waals surface area contributed by atoms with Crippen molar-refractivity contribution in [1.82, 2.24) is 9.80 Å². The molecule has 0 spiro atoms. The Bertz CT molecular complexity index is 1090. The summed E-state index contributed by atoms with van der Waals surface area (Å²) in [5.41, 5.74) is 15.6. The standard InChI is InChI=1S/C24H29F2N7.C2H6/c1-16-10-23(28)30-14-22(16)31-24(19(12-27)13-29-3)17(2)33-8-6-32(7-9-33)15-18-4-5-20(25)11-21(18)26;1-2/h4-5,10-14H,1,6-9,15,27-28H2,2-3H3;1-2H3/b19-12+,24-17+,29-13?,31-22?;. The Hall–Kier alpha value is -3.59. The molecule has 35 heavy (non-hydrogen) atoms. The quantitative estimate of drug-likeness (QED) is 0.476. The van der Waals surface area contributed by atoms with Crippen molar-refractivity contribution in [3.05, 3.63) is 82.6 Å². The fourth-order valence-electron chi connectivity index (χ4n) is 3.69. The van der Waals surface area contributed by atoms with Gasteiger partial charge in [0.15, 0.2) is 0 Å². The van der Waals surface area contributed by atoms with E-state index in [1.54, 1.807) is 25.6 Å². The van der Waals surface area contributed by atoms with Crippen LogP contribution in [-0.2, 0) is 6.54 Å². The topological polar surface area (TPSA) is 95.6 Å². The van der Waals surface area contributed by atoms with E-state index in [0.29, 0.717) is 53.6 Å². The van der Waals surface area contributed by atoms with Gasteiger partial charge in [-0.3, -0.25) is 9.89 Å². The predicted molar refractivity (Wildman–Crippen MR) is 141 cm³/mol. The molecule has 1 aromatic carbocycles. The van der Waals surface area contributed by atoms with Crippen LogP contribution in [0.1, 0.15) is 26.3 Å². The first kappa shape index (κ1) is 27.7. The van der Waals surface area contributed by atoms with Gasteiger partial charge in [-0.25, -0.2) is 18.8 Å². The first-order valence-electron chi connectivity index (χ1n) is 11.6. The fraction of sp³-hybridized carbons (Fsp3) is 0.346. The van der Waals surface area contributed by atoms with Gasteiger partial charge in [-0.15, -0.1) is 0 Å². The molecule has 0 bridgehead atoms. The number of aliphatic imine (C=N–C) groups is 3. The molecule has 1 saturated heterocycles. The maximum Gasteiger partial charge on any atom is 0.130 e. The molecule has 0 aliphatic carbocycles. The maximum absolute atomic E-state index is 14.0. The lowest BCUT2D eigenvalue weighted by Gasteiger charge is -2.37. The largest absolute Gasteiger partial charge is 0.404 e. The molecule has 0 aromatic heterocycles. The van der Waals surface area contributed by atoms with Gasteiger partial charge in [-0.1, -0.05) is 26.5 Å². The number of nitrogens with two attached hydrogens (primary N) is 2. The van der Waals surface area contributed by atoms with Crippen LogP contribution in [0.3, 0.4) is 0 Å². The van der Waals surface area contributed by atoms with Crippen LogP contribution in [0.5, 0.6) is 0 Å². The molecule has 2 aliphatic heterocycles. The third-order valence-electron chi connectivity index (χ3n) is 5.54. The zero-order valence-corrected chi connectivity index (χ0v) is 20.9. The number of nitrogens with zero attached hydrogens (tertiary/aromatic N) is 5. The second-order valence-corrected chi connectivity index (χ2v) is 7.79. The van der Waals surface area contributed by atoms with E-state index < -0.39 is 11.6 Å². The first-order valence-corrected chi connectivity index (χ1v) is 11.6. The van der Waals surface area contributed by atoms with Crippen molar-refractivity contribution in [3.8, 4) is 0 Å². The van der Waals surface area contributed by atoms with Gasteiger partial charge >= 0.3 is 0 Å². The molecule has 0 unspecified atom stereocenters. The number of benzene rings is 1. The highest BCUT2D eigenvalue weighted by atomic mass is 19.1. The van der Waals surface area contributed by atoms with Crippen molar-refractivity contribution in [1.29, 1.82) is 0 Å². The number of hydrogen-bond donors (Lipinski definition) is 2. The Balaban J connectivity index is 0.00000210. The predicted octanol–water partition coefficient (Wildman–Crippen LogP) is 3.77. The average molecular weight is 484 g/mol. The highest BCUT2D eigenvalue weighted by Gasteiger charge is 2.21. The molecule has 2 aliphatic rings. The number of hydrogen-bond acceptors (Lipinski definition) is 7. The minimum Gasteiger partial charge on any atom is -0.404 e. The van der Waals surface area contributed by atoms with Gasteiger partial charge < -0.3 is 16.4 Å². The van der Waals surface area contributed by atoms with E-state index in [1.165, 1.54) is 18.3 Å². The lowest BCUT2D eigenvalue weighted by atomic mass is 10.1. The van der Waals surface area contributed by atoms with E-state index in [2.05, 4.69) is 26.4 Å². The summed E-state index contributed by atoms with van der Waals surface area (Å²) >= 11 is 0. The summed E-state index contributed by atoms with van der Waals surface area (Å²) in [5.74, 6) is -0.717. The molecule has 7 nitrogen and oxygen atoms in total. The van der Waals surface area contributed by atoms with Gasteiger partial charge in [0.25, 0.3) is 0 Å². The van der Waals surface area contributed by atoms with Crippen LogP contribution in [0.25, 0.3) is 0 Å². The van der Waals surface area contributed by atoms with Crippen LogP contribution in [-0.4, -0.2) is 61.2 Å². The third kappa shape index (κ3) is 7.45. The fourth-order valence-corrected chi connectivity index (χ4v) is 3.69. The highest BCUT2D eigenvalue weighted by Crippen LogP contribution is 2.22. The molecule has 188 valence electrons. The lowest BCUT2D eigenvalue weighted by molar-refractivity contribution is 0.151. The molecular weight excluding hydrogens is 448 g/mol. The van der Waals surface area contributed by atoms with Gasteiger partial charge in [-0.2, -0.15) is 0 Å². The highest BCUT2D eigenvalue weighted by molar-refractivity contribution is 6.40. The Morgan fingerprint density at radius 1 is 1.20 bits per heavy atom. The minimum atomic E-state index is -0.570. The summed E-state index contributed by atoms with van der Waals surface area (Å²) < 4.78 is 27.2. The SMILES string of the molecule is C=C1C=C(N)N=CC1=NC(/C(C=NC)=C/N)=C(\C)N1CCN(Cc2ccc(F)cc2F)CC1.CC. The Morgan fingerprint density at radius 2 is 1.89 bits per heavy atom. The molecule has 0 amide bonds. The van der Waals surface area contributed by atoms with Gasteiger partial charge in [0.05, 0.1) is 17.6 Å². The molecule has 0 saturated carbocycles. The van der Waals surface area contributed by atoms with E-state index in [9.17, 15) is 8.78 Å². The van der Waals surface area contributed by atoms with Gasteiger partial charge in [0.1, 0.15) is 17.5 Å². The van der Waals surface area contributed by atoms with Crippen molar-refractivity contribution in [2.75, 3.05) is 33.2 Å². The second kappa shape index (κ2) is 13.3. The Morgan fingerprint density at radius 3 is 2.46 bits per heavy atom. The Labute approximate surface area is 206 Å². The van der Waals surface area contributed by atoms with Crippen molar-refractivity contribution < 1.29 is 8.78 Å². The summed E-state index contributed by atoms with van der Waals surface area (Å²) in [7, 11) is 1.67. The number of piperazine rings is 1. The average Bonchev–Trinajstić information content (AvgIpc) is 2.85. The molecule has 0 atom stereocenters. The van der Waals surface area contributed by atoms with E-state index in [1.807, 2.05) is 20.8 Å². The van der Waals surface area contributed by atoms with Crippen LogP contribution < -0.4 is 11.5 Å². The third-order valence-corrected chi connectivity index (χ3v) is 5.54. The van der Waals surface area contributed by atoms with Gasteiger partial charge in [0.2, 0.25) is 0 Å². The van der Waals surface area contributed by atoms with Crippen LogP contribution in [0.4, 0.5) is 8.78 Å². The van der Waals surface area contributed by atoms with E-state index in [0.717, 1.165) is 24.9 Å². The van der Waals surface area contributed by atoms with Crippen molar-refractivity contribution in [2.24, 2.45) is 26.4 Å². The molecule has 2 heterocycles. The lowest BCUT2D eigenvalue weighted by Crippen LogP contribution is -2.45. The number of halogens is 2. The van der Waals surface area contributed by atoms with Gasteiger partial charge in [0, 0.05) is 75.1 Å². The number of allylic oxidation sites excluding steroid dienone is 4. The van der Waals surface area contributed by atoms with Crippen LogP contribution in [0, 0.1) is 11.6 Å². The summed E-state index contributed by atoms with van der Waals surface area (Å²) in [6, 6.07) is 3.71. The van der Waals surface area contributed by atoms with Crippen molar-refractivity contribution in [3.63, 3.8) is 0 Å². The van der Waals surface area contributed by atoms with Gasteiger partial charge in [-0.05, 0) is 24.6 Å². The van der Waals surface area contributed by atoms with E-state index >= 15 is 0 Å². The molecule has 1 fully saturated rings. The van der Waals surface area contributed by atoms with E-state index in [4.69, 9.17) is 16.5 Å². The smallest absolute Gasteiger partial charge is 0.130 e. The zero-order valence-electron chi connectivity index (χ0n) is 20.9. The summed E-state index contributed by atoms with van der Waals surface area (Å²) in [5, 5.41) is 0. The Kier molecular flexibility index (Phi) is 10.5. The zero-order chi connectivity index (χ0) is 26.0. The molecule has 4 N–H and O–H groups in total. The maximum atomic E-state index is 14.0. The second-order valence-electron chi connectivity index (χ2n) is 7.79.